The van der Waals surface area contributed by atoms with Crippen LogP contribution in [0.25, 0.3) is 11.6 Å². The lowest BCUT2D eigenvalue weighted by Crippen LogP contribution is -1.99. The predicted octanol–water partition coefficient (Wildman–Crippen LogP) is 6.86. The highest BCUT2D eigenvalue weighted by atomic mass is 14.3. The highest BCUT2D eigenvalue weighted by molar-refractivity contribution is 5.76. The zero-order valence-corrected chi connectivity index (χ0v) is 15.8. The highest BCUT2D eigenvalue weighted by Crippen LogP contribution is 2.39. The van der Waals surface area contributed by atoms with E-state index in [1.54, 1.807) is 0 Å². The Morgan fingerprint density at radius 3 is 2.69 bits per heavy atom. The first-order valence-electron chi connectivity index (χ1n) is 9.62. The van der Waals surface area contributed by atoms with Crippen LogP contribution in [0.2, 0.25) is 0 Å². The molecule has 0 atom stereocenters. The summed E-state index contributed by atoms with van der Waals surface area (Å²) in [5.74, 6) is 0. The van der Waals surface area contributed by atoms with Crippen molar-refractivity contribution in [1.82, 2.24) is 0 Å². The first-order valence-corrected chi connectivity index (χ1v) is 9.62. The average Bonchev–Trinajstić information content (AvgIpc) is 3.27. The van der Waals surface area contributed by atoms with Crippen LogP contribution in [-0.2, 0) is 12.8 Å². The minimum absolute atomic E-state index is 0.942. The maximum atomic E-state index is 4.47. The molecular formula is C26H26. The summed E-state index contributed by atoms with van der Waals surface area (Å²) >= 11 is 0. The molecule has 0 fully saturated rings. The van der Waals surface area contributed by atoms with Crippen LogP contribution in [0.1, 0.15) is 47.6 Å². The van der Waals surface area contributed by atoms with Crippen molar-refractivity contribution in [1.29, 1.82) is 0 Å². The number of fused-ring (bicyclic) bond motifs is 1. The van der Waals surface area contributed by atoms with Gasteiger partial charge in [0.1, 0.15) is 0 Å². The number of allylic oxidation sites excluding steroid dienone is 6. The van der Waals surface area contributed by atoms with Gasteiger partial charge in [0.25, 0.3) is 0 Å². The van der Waals surface area contributed by atoms with E-state index in [9.17, 15) is 0 Å². The second-order valence-corrected chi connectivity index (χ2v) is 7.37. The summed E-state index contributed by atoms with van der Waals surface area (Å²) in [6.07, 6.45) is 11.2. The molecule has 4 rings (SSSR count). The summed E-state index contributed by atoms with van der Waals surface area (Å²) in [5, 5.41) is 0. The van der Waals surface area contributed by atoms with Crippen molar-refractivity contribution in [3.8, 4) is 0 Å². The molecule has 0 unspecified atom stereocenters. The Labute approximate surface area is 157 Å². The van der Waals surface area contributed by atoms with E-state index < -0.39 is 0 Å². The second-order valence-electron chi connectivity index (χ2n) is 7.37. The zero-order chi connectivity index (χ0) is 18.1. The highest BCUT2D eigenvalue weighted by Gasteiger charge is 2.21. The number of aryl methyl sites for hydroxylation is 2. The van der Waals surface area contributed by atoms with Gasteiger partial charge in [0, 0.05) is 0 Å². The quantitative estimate of drug-likeness (QED) is 0.559. The van der Waals surface area contributed by atoms with Gasteiger partial charge in [-0.1, -0.05) is 74.2 Å². The number of rotatable bonds is 5. The third-order valence-corrected chi connectivity index (χ3v) is 5.64. The molecule has 0 amide bonds. The van der Waals surface area contributed by atoms with E-state index in [1.165, 1.54) is 50.1 Å². The maximum Gasteiger partial charge on any atom is -0.00137 e. The summed E-state index contributed by atoms with van der Waals surface area (Å²) in [5.41, 5.74) is 12.5. The molecule has 0 aromatic heterocycles. The summed E-state index contributed by atoms with van der Waals surface area (Å²) < 4.78 is 0. The van der Waals surface area contributed by atoms with Crippen molar-refractivity contribution < 1.29 is 0 Å². The first-order chi connectivity index (χ1) is 12.7. The summed E-state index contributed by atoms with van der Waals surface area (Å²) in [6, 6.07) is 15.3. The van der Waals surface area contributed by atoms with Crippen molar-refractivity contribution in [2.75, 3.05) is 0 Å². The molecular weight excluding hydrogens is 312 g/mol. The van der Waals surface area contributed by atoms with Crippen LogP contribution in [0.3, 0.4) is 0 Å². The molecule has 2 aliphatic rings. The van der Waals surface area contributed by atoms with E-state index >= 15 is 0 Å². The van der Waals surface area contributed by atoms with Gasteiger partial charge < -0.3 is 0 Å². The van der Waals surface area contributed by atoms with Crippen LogP contribution in [-0.4, -0.2) is 0 Å². The fourth-order valence-electron chi connectivity index (χ4n) is 4.37. The number of hydrogen-bond acceptors (Lipinski definition) is 0. The van der Waals surface area contributed by atoms with E-state index in [0.29, 0.717) is 0 Å². The number of hydrogen-bond donors (Lipinski definition) is 0. The van der Waals surface area contributed by atoms with Crippen molar-refractivity contribution in [2.45, 2.75) is 39.5 Å². The Morgan fingerprint density at radius 2 is 1.88 bits per heavy atom. The molecule has 0 aliphatic heterocycles. The van der Waals surface area contributed by atoms with E-state index in [1.807, 2.05) is 0 Å². The molecule has 0 bridgehead atoms. The van der Waals surface area contributed by atoms with Gasteiger partial charge in [0.05, 0.1) is 0 Å². The van der Waals surface area contributed by atoms with E-state index in [0.717, 1.165) is 25.7 Å². The molecule has 0 saturated carbocycles. The zero-order valence-electron chi connectivity index (χ0n) is 15.8. The number of benzene rings is 2. The largest absolute Gasteiger partial charge is 0.0949 e. The fourth-order valence-corrected chi connectivity index (χ4v) is 4.37. The normalized spacial score (nSPS) is 15.4. The molecule has 0 nitrogen and oxygen atoms in total. The van der Waals surface area contributed by atoms with E-state index in [2.05, 4.69) is 81.1 Å². The standard InChI is InChI=1S/C26H26/c1-4-20-12-7-9-18(2)26(20)19(3)15-23-13-8-14-25(23)24-16-21-10-5-6-11-22(21)17-24/h5-7,9-14,16H,3-4,8,15,17H2,1-2H3. The smallest absolute Gasteiger partial charge is 0.00137 e. The second kappa shape index (κ2) is 6.96. The van der Waals surface area contributed by atoms with E-state index in [-0.39, 0.29) is 0 Å². The minimum atomic E-state index is 0.942. The Kier molecular flexibility index (Phi) is 4.51. The van der Waals surface area contributed by atoms with Crippen molar-refractivity contribution in [2.24, 2.45) is 0 Å². The summed E-state index contributed by atoms with van der Waals surface area (Å²) in [4.78, 5) is 0. The van der Waals surface area contributed by atoms with Gasteiger partial charge in [0.2, 0.25) is 0 Å². The van der Waals surface area contributed by atoms with Crippen LogP contribution in [0.4, 0.5) is 0 Å². The predicted molar refractivity (Wildman–Crippen MR) is 113 cm³/mol. The minimum Gasteiger partial charge on any atom is -0.0949 e. The Hall–Kier alpha value is -2.60. The van der Waals surface area contributed by atoms with Gasteiger partial charge >= 0.3 is 0 Å². The van der Waals surface area contributed by atoms with Crippen molar-refractivity contribution >= 4 is 11.6 Å². The van der Waals surface area contributed by atoms with E-state index in [4.69, 9.17) is 0 Å². The lowest BCUT2D eigenvalue weighted by Gasteiger charge is -2.17. The molecule has 0 N–H and O–H groups in total. The lowest BCUT2D eigenvalue weighted by atomic mass is 9.88. The van der Waals surface area contributed by atoms with Gasteiger partial charge in [-0.2, -0.15) is 0 Å². The first kappa shape index (κ1) is 16.8. The fraction of sp³-hybridized carbons (Fsp3) is 0.231. The van der Waals surface area contributed by atoms with Crippen molar-refractivity contribution in [3.63, 3.8) is 0 Å². The third kappa shape index (κ3) is 3.01. The van der Waals surface area contributed by atoms with Crippen LogP contribution in [0, 0.1) is 6.92 Å². The molecule has 0 spiro atoms. The molecule has 130 valence electrons. The molecule has 2 aromatic rings. The molecule has 0 radical (unpaired) electrons. The van der Waals surface area contributed by atoms with Gasteiger partial charge in [0.15, 0.2) is 0 Å². The molecule has 2 aliphatic carbocycles. The summed E-state index contributed by atoms with van der Waals surface area (Å²) in [6.45, 7) is 8.90. The van der Waals surface area contributed by atoms with Gasteiger partial charge in [-0.15, -0.1) is 0 Å². The molecule has 0 heteroatoms. The molecule has 2 aromatic carbocycles. The Bertz CT molecular complexity index is 963. The average molecular weight is 338 g/mol. The monoisotopic (exact) mass is 338 g/mol. The van der Waals surface area contributed by atoms with Gasteiger partial charge in [-0.05, 0) is 82.7 Å². The molecule has 0 heterocycles. The molecule has 0 saturated heterocycles. The third-order valence-electron chi connectivity index (χ3n) is 5.64. The van der Waals surface area contributed by atoms with Crippen molar-refractivity contribution in [3.05, 3.63) is 106 Å². The Morgan fingerprint density at radius 1 is 1.04 bits per heavy atom. The van der Waals surface area contributed by atoms with Gasteiger partial charge in [-0.25, -0.2) is 0 Å². The van der Waals surface area contributed by atoms with Crippen LogP contribution in [0.5, 0.6) is 0 Å². The van der Waals surface area contributed by atoms with Crippen LogP contribution >= 0.6 is 0 Å². The summed E-state index contributed by atoms with van der Waals surface area (Å²) in [7, 11) is 0. The maximum absolute atomic E-state index is 4.47. The SMILES string of the molecule is C=C(CC1=CCC=C1C1=Cc2ccccc2C1)c1c(C)cccc1CC. The molecule has 26 heavy (non-hydrogen) atoms. The Balaban J connectivity index is 1.57. The topological polar surface area (TPSA) is 0 Å². The van der Waals surface area contributed by atoms with Crippen LogP contribution < -0.4 is 0 Å². The lowest BCUT2D eigenvalue weighted by molar-refractivity contribution is 1.10. The van der Waals surface area contributed by atoms with Gasteiger partial charge in [-0.3, -0.25) is 0 Å². The van der Waals surface area contributed by atoms with Crippen LogP contribution in [0.15, 0.2) is 77.9 Å².